The molecule has 3 heterocycles. The molecule has 0 fully saturated rings. The average Bonchev–Trinajstić information content (AvgIpc) is 3.17. The molecule has 1 aliphatic heterocycles. The lowest BCUT2D eigenvalue weighted by Gasteiger charge is -2.09. The van der Waals surface area contributed by atoms with E-state index in [0.29, 0.717) is 32.2 Å². The van der Waals surface area contributed by atoms with Crippen LogP contribution in [0.4, 0.5) is 0 Å². The molecule has 24 heavy (non-hydrogen) atoms. The molecule has 0 unspecified atom stereocenters. The van der Waals surface area contributed by atoms with E-state index in [9.17, 15) is 4.79 Å². The number of nitrogens with one attached hydrogen (secondary N) is 1. The van der Waals surface area contributed by atoms with Gasteiger partial charge in [0.2, 0.25) is 5.91 Å². The number of amides is 1. The molecule has 0 atom stereocenters. The van der Waals surface area contributed by atoms with E-state index in [-0.39, 0.29) is 5.91 Å². The van der Waals surface area contributed by atoms with Gasteiger partial charge in [0.25, 0.3) is 0 Å². The summed E-state index contributed by atoms with van der Waals surface area (Å²) in [5.74, 6) is 2.53. The minimum Gasteiger partial charge on any atom is -0.350 e. The zero-order valence-corrected chi connectivity index (χ0v) is 13.1. The summed E-state index contributed by atoms with van der Waals surface area (Å²) in [6, 6.07) is 3.72. The molecule has 2 aromatic rings. The molecule has 122 valence electrons. The second-order valence-electron chi connectivity index (χ2n) is 5.51. The third kappa shape index (κ3) is 4.01. The SMILES string of the molecule is C#CCCC1(CCC(=O)NCc2ccc(-n3cncn3)cn2)N=N1. The molecule has 0 saturated carbocycles. The van der Waals surface area contributed by atoms with E-state index >= 15 is 0 Å². The topological polar surface area (TPSA) is 97.4 Å². The number of aromatic nitrogens is 4. The third-order valence-electron chi connectivity index (χ3n) is 3.76. The maximum atomic E-state index is 11.9. The number of nitrogens with zero attached hydrogens (tertiary/aromatic N) is 6. The molecule has 8 nitrogen and oxygen atoms in total. The van der Waals surface area contributed by atoms with Crippen molar-refractivity contribution in [3.05, 3.63) is 36.7 Å². The second kappa shape index (κ2) is 7.00. The lowest BCUT2D eigenvalue weighted by atomic mass is 10.0. The Balaban J connectivity index is 1.42. The smallest absolute Gasteiger partial charge is 0.220 e. The van der Waals surface area contributed by atoms with Crippen molar-refractivity contribution in [1.29, 1.82) is 0 Å². The van der Waals surface area contributed by atoms with Crippen LogP contribution in [0, 0.1) is 12.3 Å². The van der Waals surface area contributed by atoms with Gasteiger partial charge in [0.05, 0.1) is 24.1 Å². The van der Waals surface area contributed by atoms with Crippen molar-refractivity contribution < 1.29 is 4.79 Å². The molecule has 0 aromatic carbocycles. The Morgan fingerprint density at radius 1 is 1.33 bits per heavy atom. The van der Waals surface area contributed by atoms with Gasteiger partial charge >= 0.3 is 0 Å². The molecular formula is C16H17N7O. The average molecular weight is 323 g/mol. The number of pyridine rings is 1. The molecule has 0 saturated heterocycles. The molecule has 8 heteroatoms. The van der Waals surface area contributed by atoms with Crippen molar-refractivity contribution in [2.45, 2.75) is 37.9 Å². The van der Waals surface area contributed by atoms with E-state index in [2.05, 4.69) is 36.5 Å². The Kier molecular flexibility index (Phi) is 4.61. The minimum absolute atomic E-state index is 0.0467. The van der Waals surface area contributed by atoms with Gasteiger partial charge in [-0.2, -0.15) is 15.3 Å². The van der Waals surface area contributed by atoms with Crippen LogP contribution in [-0.4, -0.2) is 31.3 Å². The molecule has 0 aliphatic carbocycles. The lowest BCUT2D eigenvalue weighted by molar-refractivity contribution is -0.121. The fraction of sp³-hybridized carbons (Fsp3) is 0.375. The first kappa shape index (κ1) is 15.8. The highest BCUT2D eigenvalue weighted by Crippen LogP contribution is 2.37. The van der Waals surface area contributed by atoms with E-state index in [1.165, 1.54) is 6.33 Å². The van der Waals surface area contributed by atoms with Crippen molar-refractivity contribution in [2.75, 3.05) is 0 Å². The van der Waals surface area contributed by atoms with Crippen LogP contribution >= 0.6 is 0 Å². The molecule has 0 bridgehead atoms. The third-order valence-corrected chi connectivity index (χ3v) is 3.76. The van der Waals surface area contributed by atoms with Gasteiger partial charge in [-0.05, 0) is 12.1 Å². The Hall–Kier alpha value is -3.08. The summed E-state index contributed by atoms with van der Waals surface area (Å²) in [5, 5.41) is 14.9. The van der Waals surface area contributed by atoms with Crippen molar-refractivity contribution in [1.82, 2.24) is 25.1 Å². The van der Waals surface area contributed by atoms with Gasteiger partial charge in [0, 0.05) is 25.7 Å². The molecule has 0 radical (unpaired) electrons. The normalized spacial score (nSPS) is 14.1. The summed E-state index contributed by atoms with van der Waals surface area (Å²) in [4.78, 5) is 20.1. The van der Waals surface area contributed by atoms with E-state index in [0.717, 1.165) is 11.4 Å². The maximum Gasteiger partial charge on any atom is 0.220 e. The summed E-state index contributed by atoms with van der Waals surface area (Å²) in [7, 11) is 0. The fourth-order valence-corrected chi connectivity index (χ4v) is 2.26. The molecule has 1 amide bonds. The molecule has 2 aromatic heterocycles. The standard InChI is InChI=1S/C16H17N7O/c1-2-3-7-16(21-22-16)8-6-15(24)19-9-13-4-5-14(10-18-13)23-12-17-11-20-23/h1,4-5,10-12H,3,6-9H2,(H,19,24). The Morgan fingerprint density at radius 3 is 2.83 bits per heavy atom. The Labute approximate surface area is 139 Å². The van der Waals surface area contributed by atoms with Gasteiger partial charge in [-0.25, -0.2) is 9.67 Å². The van der Waals surface area contributed by atoms with Gasteiger partial charge in [-0.1, -0.05) is 0 Å². The fourth-order valence-electron chi connectivity index (χ4n) is 2.26. The first-order chi connectivity index (χ1) is 11.7. The highest BCUT2D eigenvalue weighted by atomic mass is 16.1. The monoisotopic (exact) mass is 323 g/mol. The molecule has 3 rings (SSSR count). The summed E-state index contributed by atoms with van der Waals surface area (Å²) in [6.45, 7) is 0.377. The highest BCUT2D eigenvalue weighted by molar-refractivity contribution is 5.75. The van der Waals surface area contributed by atoms with Crippen LogP contribution in [0.25, 0.3) is 5.69 Å². The second-order valence-corrected chi connectivity index (χ2v) is 5.51. The summed E-state index contributed by atoms with van der Waals surface area (Å²) in [6.07, 6.45) is 12.3. The predicted octanol–water partition coefficient (Wildman–Crippen LogP) is 1.63. The first-order valence-corrected chi connectivity index (χ1v) is 7.65. The minimum atomic E-state index is -0.415. The van der Waals surface area contributed by atoms with Crippen LogP contribution in [0.3, 0.4) is 0 Å². The quantitative estimate of drug-likeness (QED) is 0.747. The molecule has 0 spiro atoms. The van der Waals surface area contributed by atoms with Crippen molar-refractivity contribution in [3.63, 3.8) is 0 Å². The van der Waals surface area contributed by atoms with Crippen LogP contribution in [-0.2, 0) is 11.3 Å². The molecular weight excluding hydrogens is 306 g/mol. The van der Waals surface area contributed by atoms with Crippen LogP contribution in [0.1, 0.15) is 31.4 Å². The zero-order chi connectivity index (χ0) is 16.8. The summed E-state index contributed by atoms with van der Waals surface area (Å²) >= 11 is 0. The van der Waals surface area contributed by atoms with Gasteiger partial charge in [-0.15, -0.1) is 12.3 Å². The lowest BCUT2D eigenvalue weighted by Crippen LogP contribution is -2.25. The summed E-state index contributed by atoms with van der Waals surface area (Å²) in [5.41, 5.74) is 1.17. The van der Waals surface area contributed by atoms with E-state index in [4.69, 9.17) is 6.42 Å². The zero-order valence-electron chi connectivity index (χ0n) is 13.1. The van der Waals surface area contributed by atoms with Gasteiger partial charge < -0.3 is 5.32 Å². The summed E-state index contributed by atoms with van der Waals surface area (Å²) < 4.78 is 1.62. The van der Waals surface area contributed by atoms with Crippen LogP contribution in [0.15, 0.2) is 41.2 Å². The van der Waals surface area contributed by atoms with E-state index in [1.807, 2.05) is 12.1 Å². The van der Waals surface area contributed by atoms with Crippen LogP contribution in [0.2, 0.25) is 0 Å². The number of rotatable bonds is 8. The number of carbonyl (C=O) groups is 1. The number of hydrogen-bond acceptors (Lipinski definition) is 6. The molecule has 1 N–H and O–H groups in total. The van der Waals surface area contributed by atoms with Crippen LogP contribution < -0.4 is 5.32 Å². The first-order valence-electron chi connectivity index (χ1n) is 7.65. The predicted molar refractivity (Wildman–Crippen MR) is 85.9 cm³/mol. The van der Waals surface area contributed by atoms with Gasteiger partial charge in [0.15, 0.2) is 5.66 Å². The molecule has 1 aliphatic rings. The van der Waals surface area contributed by atoms with Crippen molar-refractivity contribution in [3.8, 4) is 18.0 Å². The van der Waals surface area contributed by atoms with E-state index < -0.39 is 5.66 Å². The van der Waals surface area contributed by atoms with Crippen molar-refractivity contribution >= 4 is 5.91 Å². The highest BCUT2D eigenvalue weighted by Gasteiger charge is 2.39. The number of hydrogen-bond donors (Lipinski definition) is 1. The van der Waals surface area contributed by atoms with Crippen LogP contribution in [0.5, 0.6) is 0 Å². The van der Waals surface area contributed by atoms with Gasteiger partial charge in [-0.3, -0.25) is 9.78 Å². The number of carbonyl (C=O) groups excluding carboxylic acids is 1. The van der Waals surface area contributed by atoms with Gasteiger partial charge in [0.1, 0.15) is 12.7 Å². The maximum absolute atomic E-state index is 11.9. The Morgan fingerprint density at radius 2 is 2.21 bits per heavy atom. The van der Waals surface area contributed by atoms with Crippen molar-refractivity contribution in [2.24, 2.45) is 10.2 Å². The number of terminal acetylenes is 1. The Bertz CT molecular complexity index is 753. The largest absolute Gasteiger partial charge is 0.350 e. The van der Waals surface area contributed by atoms with E-state index in [1.54, 1.807) is 17.2 Å².